The second kappa shape index (κ2) is 5.65. The Morgan fingerprint density at radius 1 is 1.41 bits per heavy atom. The molecule has 1 aromatic carbocycles. The predicted molar refractivity (Wildman–Crippen MR) is 80.3 cm³/mol. The number of hydrogen-bond donors (Lipinski definition) is 1. The Labute approximate surface area is 129 Å². The normalized spacial score (nSPS) is 23.4. The van der Waals surface area contributed by atoms with E-state index in [1.54, 1.807) is 12.3 Å². The van der Waals surface area contributed by atoms with Gasteiger partial charge < -0.3 is 9.84 Å². The van der Waals surface area contributed by atoms with Gasteiger partial charge in [-0.15, -0.1) is 0 Å². The molecule has 1 saturated carbocycles. The smallest absolute Gasteiger partial charge is 0.158 e. The van der Waals surface area contributed by atoms with Gasteiger partial charge in [-0.2, -0.15) is 0 Å². The number of nitrogens with zero attached hydrogens (tertiary/aromatic N) is 2. The van der Waals surface area contributed by atoms with Crippen LogP contribution in [0.25, 0.3) is 0 Å². The van der Waals surface area contributed by atoms with Gasteiger partial charge in [0, 0.05) is 12.0 Å². The molecule has 2 atom stereocenters. The number of benzene rings is 1. The first-order valence-electron chi connectivity index (χ1n) is 7.35. The number of aryl methyl sites for hydroxylation is 2. The molecule has 0 spiro atoms. The number of hydrogen-bond acceptors (Lipinski definition) is 4. The maximum Gasteiger partial charge on any atom is 0.158 e. The number of ether oxygens (including phenoxy) is 1. The first-order valence-corrected chi connectivity index (χ1v) is 7.35. The molecule has 0 saturated heterocycles. The van der Waals surface area contributed by atoms with E-state index in [0.29, 0.717) is 18.2 Å². The third-order valence-electron chi connectivity index (χ3n) is 4.39. The van der Waals surface area contributed by atoms with Gasteiger partial charge in [-0.3, -0.25) is 0 Å². The van der Waals surface area contributed by atoms with Gasteiger partial charge in [0.1, 0.15) is 11.6 Å². The Bertz CT molecular complexity index is 692. The Morgan fingerprint density at radius 3 is 2.86 bits per heavy atom. The van der Waals surface area contributed by atoms with Crippen molar-refractivity contribution in [3.05, 3.63) is 53.4 Å². The molecule has 22 heavy (non-hydrogen) atoms. The lowest BCUT2D eigenvalue weighted by Crippen LogP contribution is -2.22. The highest BCUT2D eigenvalue weighted by Crippen LogP contribution is 2.54. The quantitative estimate of drug-likeness (QED) is 0.922. The van der Waals surface area contributed by atoms with E-state index in [2.05, 4.69) is 9.97 Å². The molecule has 4 nitrogen and oxygen atoms in total. The lowest BCUT2D eigenvalue weighted by Gasteiger charge is -2.19. The van der Waals surface area contributed by atoms with Crippen LogP contribution in [0.2, 0.25) is 0 Å². The van der Waals surface area contributed by atoms with Crippen LogP contribution in [0.4, 0.5) is 4.39 Å². The summed E-state index contributed by atoms with van der Waals surface area (Å²) in [5.41, 5.74) is 1.33. The molecular weight excluding hydrogens is 283 g/mol. The van der Waals surface area contributed by atoms with Gasteiger partial charge in [-0.05, 0) is 43.9 Å². The standard InChI is InChI=1S/C17H19FN2O2/c1-11-16(8-19-12(2)20-11)22-10-17(7-14(17)9-21)13-4-3-5-15(18)6-13/h3-6,8,14,21H,7,9-10H2,1-2H3/t14?,17-/m1/s1. The van der Waals surface area contributed by atoms with Crippen LogP contribution in [0.1, 0.15) is 23.5 Å². The molecule has 1 N–H and O–H groups in total. The summed E-state index contributed by atoms with van der Waals surface area (Å²) in [6.07, 6.45) is 2.45. The van der Waals surface area contributed by atoms with Gasteiger partial charge >= 0.3 is 0 Å². The van der Waals surface area contributed by atoms with E-state index in [-0.39, 0.29) is 23.8 Å². The van der Waals surface area contributed by atoms with E-state index in [9.17, 15) is 9.50 Å². The molecule has 3 rings (SSSR count). The molecule has 0 bridgehead atoms. The Morgan fingerprint density at radius 2 is 2.23 bits per heavy atom. The largest absolute Gasteiger partial charge is 0.489 e. The Kier molecular flexibility index (Phi) is 3.83. The highest BCUT2D eigenvalue weighted by Gasteiger charge is 2.55. The third kappa shape index (κ3) is 2.68. The van der Waals surface area contributed by atoms with Crippen LogP contribution >= 0.6 is 0 Å². The molecule has 1 fully saturated rings. The number of aliphatic hydroxyl groups excluding tert-OH is 1. The molecular formula is C17H19FN2O2. The SMILES string of the molecule is Cc1ncc(OC[C@@]2(c3cccc(F)c3)CC2CO)c(C)n1. The van der Waals surface area contributed by atoms with E-state index in [1.165, 1.54) is 12.1 Å². The van der Waals surface area contributed by atoms with Crippen LogP contribution in [-0.2, 0) is 5.41 Å². The number of halogens is 1. The fraction of sp³-hybridized carbons (Fsp3) is 0.412. The molecule has 116 valence electrons. The summed E-state index contributed by atoms with van der Waals surface area (Å²) in [5, 5.41) is 9.49. The first kappa shape index (κ1) is 14.9. The van der Waals surface area contributed by atoms with E-state index in [4.69, 9.17) is 4.74 Å². The molecule has 1 aliphatic carbocycles. The Hall–Kier alpha value is -2.01. The molecule has 0 radical (unpaired) electrons. The van der Waals surface area contributed by atoms with E-state index in [0.717, 1.165) is 17.7 Å². The van der Waals surface area contributed by atoms with Crippen molar-refractivity contribution in [3.63, 3.8) is 0 Å². The topological polar surface area (TPSA) is 55.2 Å². The lowest BCUT2D eigenvalue weighted by molar-refractivity contribution is 0.224. The van der Waals surface area contributed by atoms with Crippen LogP contribution in [0.5, 0.6) is 5.75 Å². The monoisotopic (exact) mass is 302 g/mol. The summed E-state index contributed by atoms with van der Waals surface area (Å²) in [4.78, 5) is 8.42. The van der Waals surface area contributed by atoms with Crippen molar-refractivity contribution in [3.8, 4) is 5.75 Å². The fourth-order valence-electron chi connectivity index (χ4n) is 2.95. The van der Waals surface area contributed by atoms with Gasteiger partial charge in [-0.1, -0.05) is 12.1 Å². The number of aliphatic hydroxyl groups is 1. The van der Waals surface area contributed by atoms with Gasteiger partial charge in [0.2, 0.25) is 0 Å². The lowest BCUT2D eigenvalue weighted by atomic mass is 9.94. The van der Waals surface area contributed by atoms with E-state index < -0.39 is 0 Å². The summed E-state index contributed by atoms with van der Waals surface area (Å²) in [5.74, 6) is 1.16. The first-order chi connectivity index (χ1) is 10.5. The van der Waals surface area contributed by atoms with Crippen molar-refractivity contribution in [1.82, 2.24) is 9.97 Å². The van der Waals surface area contributed by atoms with Crippen LogP contribution < -0.4 is 4.74 Å². The molecule has 0 amide bonds. The maximum atomic E-state index is 13.5. The van der Waals surface area contributed by atoms with E-state index in [1.807, 2.05) is 19.9 Å². The van der Waals surface area contributed by atoms with Crippen LogP contribution in [-0.4, -0.2) is 28.3 Å². The van der Waals surface area contributed by atoms with Gasteiger partial charge in [0.15, 0.2) is 5.75 Å². The van der Waals surface area contributed by atoms with Crippen LogP contribution in [0.3, 0.4) is 0 Å². The van der Waals surface area contributed by atoms with E-state index >= 15 is 0 Å². The molecule has 1 aromatic heterocycles. The van der Waals surface area contributed by atoms with Crippen molar-refractivity contribution in [2.75, 3.05) is 13.2 Å². The zero-order valence-corrected chi connectivity index (χ0v) is 12.7. The summed E-state index contributed by atoms with van der Waals surface area (Å²) in [7, 11) is 0. The van der Waals surface area contributed by atoms with Crippen molar-refractivity contribution in [2.45, 2.75) is 25.7 Å². The summed E-state index contributed by atoms with van der Waals surface area (Å²) in [6, 6.07) is 6.53. The average Bonchev–Trinajstić information content (AvgIpc) is 3.21. The highest BCUT2D eigenvalue weighted by atomic mass is 19.1. The highest BCUT2D eigenvalue weighted by molar-refractivity contribution is 5.35. The van der Waals surface area contributed by atoms with Crippen molar-refractivity contribution in [1.29, 1.82) is 0 Å². The van der Waals surface area contributed by atoms with Crippen molar-refractivity contribution < 1.29 is 14.2 Å². The number of aromatic nitrogens is 2. The minimum Gasteiger partial charge on any atom is -0.489 e. The summed E-state index contributed by atoms with van der Waals surface area (Å²) < 4.78 is 19.4. The zero-order chi connectivity index (χ0) is 15.7. The molecule has 1 unspecified atom stereocenters. The summed E-state index contributed by atoms with van der Waals surface area (Å²) >= 11 is 0. The molecule has 0 aliphatic heterocycles. The molecule has 1 heterocycles. The molecule has 2 aromatic rings. The minimum absolute atomic E-state index is 0.0727. The Balaban J connectivity index is 1.81. The second-order valence-electron chi connectivity index (χ2n) is 5.91. The third-order valence-corrected chi connectivity index (χ3v) is 4.39. The van der Waals surface area contributed by atoms with Gasteiger partial charge in [0.05, 0.1) is 18.5 Å². The minimum atomic E-state index is -0.325. The van der Waals surface area contributed by atoms with Crippen molar-refractivity contribution >= 4 is 0 Å². The fourth-order valence-corrected chi connectivity index (χ4v) is 2.95. The molecule has 1 aliphatic rings. The van der Waals surface area contributed by atoms with Crippen molar-refractivity contribution in [2.24, 2.45) is 5.92 Å². The second-order valence-corrected chi connectivity index (χ2v) is 5.91. The number of rotatable bonds is 5. The van der Waals surface area contributed by atoms with Gasteiger partial charge in [-0.25, -0.2) is 14.4 Å². The van der Waals surface area contributed by atoms with Gasteiger partial charge in [0.25, 0.3) is 0 Å². The zero-order valence-electron chi connectivity index (χ0n) is 12.7. The average molecular weight is 302 g/mol. The molecule has 5 heteroatoms. The summed E-state index contributed by atoms with van der Waals surface area (Å²) in [6.45, 7) is 4.15. The predicted octanol–water partition coefficient (Wildman–Crippen LogP) is 2.56. The van der Waals surface area contributed by atoms with Crippen LogP contribution in [0, 0.1) is 25.6 Å². The maximum absolute atomic E-state index is 13.5. The van der Waals surface area contributed by atoms with Crippen LogP contribution in [0.15, 0.2) is 30.5 Å².